The molecule has 1 heterocycles. The molecule has 0 unspecified atom stereocenters. The quantitative estimate of drug-likeness (QED) is 0.366. The first-order valence-corrected chi connectivity index (χ1v) is 9.74. The Labute approximate surface area is 185 Å². The van der Waals surface area contributed by atoms with Crippen LogP contribution in [0.2, 0.25) is 0 Å². The molecule has 2 aromatic rings. The lowest BCUT2D eigenvalue weighted by Gasteiger charge is -2.28. The van der Waals surface area contributed by atoms with Crippen LogP contribution in [0.15, 0.2) is 53.5 Å². The monoisotopic (exact) mass is 494 g/mol. The number of nitrogens with zero attached hydrogens (tertiary/aromatic N) is 2. The van der Waals surface area contributed by atoms with Gasteiger partial charge in [0.2, 0.25) is 0 Å². The van der Waals surface area contributed by atoms with Crippen molar-refractivity contribution in [2.45, 2.75) is 26.9 Å². The van der Waals surface area contributed by atoms with Crippen LogP contribution in [0, 0.1) is 6.92 Å². The molecule has 0 aromatic heterocycles. The van der Waals surface area contributed by atoms with E-state index >= 15 is 0 Å². The number of nitrogens with one attached hydrogen (secondary N) is 2. The molecule has 1 saturated heterocycles. The molecule has 1 fully saturated rings. The number of benzene rings is 2. The van der Waals surface area contributed by atoms with Gasteiger partial charge >= 0.3 is 0 Å². The highest BCUT2D eigenvalue weighted by atomic mass is 127. The van der Waals surface area contributed by atoms with Crippen LogP contribution in [0.1, 0.15) is 23.6 Å². The lowest BCUT2D eigenvalue weighted by Crippen LogP contribution is -2.37. The third-order valence-electron chi connectivity index (χ3n) is 4.62. The first-order valence-electron chi connectivity index (χ1n) is 9.74. The van der Waals surface area contributed by atoms with Crippen molar-refractivity contribution in [3.05, 3.63) is 65.2 Å². The lowest BCUT2D eigenvalue weighted by molar-refractivity contribution is 0.122. The summed E-state index contributed by atoms with van der Waals surface area (Å²) in [5.74, 6) is 0.844. The minimum atomic E-state index is 0. The van der Waals surface area contributed by atoms with E-state index in [0.29, 0.717) is 6.54 Å². The third kappa shape index (κ3) is 6.98. The molecule has 1 aliphatic heterocycles. The number of guanidine groups is 1. The Kier molecular flexibility index (Phi) is 9.57. The molecule has 2 N–H and O–H groups in total. The van der Waals surface area contributed by atoms with Crippen LogP contribution in [-0.4, -0.2) is 38.8 Å². The molecule has 0 spiro atoms. The van der Waals surface area contributed by atoms with E-state index in [-0.39, 0.29) is 24.0 Å². The van der Waals surface area contributed by atoms with E-state index in [4.69, 9.17) is 9.73 Å². The Morgan fingerprint density at radius 1 is 1.04 bits per heavy atom. The van der Waals surface area contributed by atoms with Crippen LogP contribution in [0.4, 0.5) is 5.69 Å². The highest BCUT2D eigenvalue weighted by Gasteiger charge is 2.10. The van der Waals surface area contributed by atoms with Gasteiger partial charge in [0.15, 0.2) is 5.96 Å². The van der Waals surface area contributed by atoms with E-state index in [0.717, 1.165) is 45.4 Å². The summed E-state index contributed by atoms with van der Waals surface area (Å²) >= 11 is 0. The summed E-state index contributed by atoms with van der Waals surface area (Å²) in [6, 6.07) is 17.2. The average Bonchev–Trinajstić information content (AvgIpc) is 2.71. The number of rotatable bonds is 6. The Hall–Kier alpha value is -1.80. The van der Waals surface area contributed by atoms with Crippen molar-refractivity contribution in [1.82, 2.24) is 10.6 Å². The lowest BCUT2D eigenvalue weighted by atomic mass is 10.1. The second-order valence-corrected chi connectivity index (χ2v) is 6.80. The number of morpholine rings is 1. The standard InChI is InChI=1S/C22H30N4O.HI/c1-3-23-22(25-17-20-6-4-5-18(2)15-20)24-16-19-7-9-21(10-8-19)26-11-13-27-14-12-26;/h4-10,15H,3,11-14,16-17H2,1-2H3,(H2,23,24,25);1H. The molecule has 6 heteroatoms. The highest BCUT2D eigenvalue weighted by molar-refractivity contribution is 14.0. The van der Waals surface area contributed by atoms with E-state index < -0.39 is 0 Å². The number of anilines is 1. The van der Waals surface area contributed by atoms with E-state index in [1.54, 1.807) is 0 Å². The van der Waals surface area contributed by atoms with Crippen molar-refractivity contribution >= 4 is 35.6 Å². The Morgan fingerprint density at radius 2 is 1.79 bits per heavy atom. The van der Waals surface area contributed by atoms with Crippen LogP contribution in [0.5, 0.6) is 0 Å². The summed E-state index contributed by atoms with van der Waals surface area (Å²) in [6.45, 7) is 10.0. The van der Waals surface area contributed by atoms with Gasteiger partial charge in [-0.05, 0) is 37.1 Å². The molecule has 28 heavy (non-hydrogen) atoms. The molecule has 0 aliphatic carbocycles. The topological polar surface area (TPSA) is 48.9 Å². The number of aliphatic imine (C=N–C) groups is 1. The molecule has 3 rings (SSSR count). The number of hydrogen-bond acceptors (Lipinski definition) is 3. The van der Waals surface area contributed by atoms with E-state index in [9.17, 15) is 0 Å². The van der Waals surface area contributed by atoms with Gasteiger partial charge in [0.25, 0.3) is 0 Å². The van der Waals surface area contributed by atoms with Gasteiger partial charge in [-0.1, -0.05) is 42.0 Å². The number of aryl methyl sites for hydroxylation is 1. The Morgan fingerprint density at radius 3 is 2.46 bits per heavy atom. The van der Waals surface area contributed by atoms with Crippen LogP contribution < -0.4 is 15.5 Å². The summed E-state index contributed by atoms with van der Waals surface area (Å²) in [6.07, 6.45) is 0. The van der Waals surface area contributed by atoms with Crippen LogP contribution >= 0.6 is 24.0 Å². The zero-order chi connectivity index (χ0) is 18.9. The predicted octanol–water partition coefficient (Wildman–Crippen LogP) is 3.70. The largest absolute Gasteiger partial charge is 0.378 e. The van der Waals surface area contributed by atoms with Crippen molar-refractivity contribution in [2.24, 2.45) is 4.99 Å². The molecular weight excluding hydrogens is 463 g/mol. The normalized spacial score (nSPS) is 14.4. The summed E-state index contributed by atoms with van der Waals surface area (Å²) in [7, 11) is 0. The van der Waals surface area contributed by atoms with Crippen molar-refractivity contribution in [1.29, 1.82) is 0 Å². The maximum absolute atomic E-state index is 5.42. The van der Waals surface area contributed by atoms with Crippen LogP contribution in [0.3, 0.4) is 0 Å². The molecule has 0 amide bonds. The van der Waals surface area contributed by atoms with Gasteiger partial charge in [-0.3, -0.25) is 0 Å². The first-order chi connectivity index (χ1) is 13.2. The van der Waals surface area contributed by atoms with Crippen molar-refractivity contribution in [3.8, 4) is 0 Å². The maximum atomic E-state index is 5.42. The zero-order valence-corrected chi connectivity index (χ0v) is 19.1. The summed E-state index contributed by atoms with van der Waals surface area (Å²) < 4.78 is 5.42. The smallest absolute Gasteiger partial charge is 0.191 e. The van der Waals surface area contributed by atoms with Crippen LogP contribution in [0.25, 0.3) is 0 Å². The van der Waals surface area contributed by atoms with Gasteiger partial charge in [0.1, 0.15) is 0 Å². The second kappa shape index (κ2) is 11.9. The third-order valence-corrected chi connectivity index (χ3v) is 4.62. The minimum absolute atomic E-state index is 0. The van der Waals surface area contributed by atoms with Crippen molar-refractivity contribution < 1.29 is 4.74 Å². The summed E-state index contributed by atoms with van der Waals surface area (Å²) in [4.78, 5) is 7.07. The molecular formula is C22H31IN4O. The molecule has 0 saturated carbocycles. The fraction of sp³-hybridized carbons (Fsp3) is 0.409. The van der Waals surface area contributed by atoms with Crippen molar-refractivity contribution in [3.63, 3.8) is 0 Å². The SMILES string of the molecule is CCNC(=NCc1cccc(C)c1)NCc1ccc(N2CCOCC2)cc1.I. The maximum Gasteiger partial charge on any atom is 0.191 e. The van der Waals surface area contributed by atoms with Gasteiger partial charge < -0.3 is 20.3 Å². The molecule has 0 bridgehead atoms. The fourth-order valence-electron chi connectivity index (χ4n) is 3.15. The zero-order valence-electron chi connectivity index (χ0n) is 16.8. The first kappa shape index (κ1) is 22.5. The van der Waals surface area contributed by atoms with Crippen molar-refractivity contribution in [2.75, 3.05) is 37.7 Å². The highest BCUT2D eigenvalue weighted by Crippen LogP contribution is 2.16. The number of halogens is 1. The molecule has 5 nitrogen and oxygen atoms in total. The van der Waals surface area contributed by atoms with E-state index in [1.165, 1.54) is 22.4 Å². The van der Waals surface area contributed by atoms with Gasteiger partial charge in [-0.2, -0.15) is 0 Å². The fourth-order valence-corrected chi connectivity index (χ4v) is 3.15. The summed E-state index contributed by atoms with van der Waals surface area (Å²) in [5, 5.41) is 6.74. The predicted molar refractivity (Wildman–Crippen MR) is 128 cm³/mol. The molecule has 0 atom stereocenters. The molecule has 0 radical (unpaired) electrons. The van der Waals surface area contributed by atoms with Crippen LogP contribution in [-0.2, 0) is 17.8 Å². The second-order valence-electron chi connectivity index (χ2n) is 6.80. The van der Waals surface area contributed by atoms with Gasteiger partial charge in [-0.25, -0.2) is 4.99 Å². The van der Waals surface area contributed by atoms with Gasteiger partial charge in [-0.15, -0.1) is 24.0 Å². The Balaban J connectivity index is 0.00000280. The van der Waals surface area contributed by atoms with E-state index in [2.05, 4.69) is 77.9 Å². The number of hydrogen-bond donors (Lipinski definition) is 2. The minimum Gasteiger partial charge on any atom is -0.378 e. The average molecular weight is 494 g/mol. The molecule has 152 valence electrons. The Bertz CT molecular complexity index is 742. The molecule has 1 aliphatic rings. The molecule has 2 aromatic carbocycles. The van der Waals surface area contributed by atoms with E-state index in [1.807, 2.05) is 0 Å². The summed E-state index contributed by atoms with van der Waals surface area (Å²) in [5.41, 5.74) is 5.00. The number of ether oxygens (including phenoxy) is 1. The van der Waals surface area contributed by atoms with Gasteiger partial charge in [0.05, 0.1) is 19.8 Å². The van der Waals surface area contributed by atoms with Gasteiger partial charge in [0, 0.05) is 31.9 Å².